The van der Waals surface area contributed by atoms with E-state index in [0.717, 1.165) is 25.9 Å². The van der Waals surface area contributed by atoms with Crippen molar-refractivity contribution in [2.75, 3.05) is 13.2 Å². The van der Waals surface area contributed by atoms with Crippen LogP contribution in [0.5, 0.6) is 5.75 Å². The summed E-state index contributed by atoms with van der Waals surface area (Å²) in [5.74, 6) is 0.0226. The van der Waals surface area contributed by atoms with Gasteiger partial charge in [-0.25, -0.2) is 4.79 Å². The molecule has 1 heterocycles. The van der Waals surface area contributed by atoms with Gasteiger partial charge in [0.15, 0.2) is 11.9 Å². The zero-order valence-corrected chi connectivity index (χ0v) is 13.7. The molecular weight excluding hydrogens is 296 g/mol. The van der Waals surface area contributed by atoms with E-state index >= 15 is 0 Å². The quantitative estimate of drug-likeness (QED) is 0.439. The SMILES string of the molecule is CCC(=O)c1ccc(OC(=O)C(C)OCC2CCCCO2)cc1. The molecule has 1 aromatic carbocycles. The summed E-state index contributed by atoms with van der Waals surface area (Å²) < 4.78 is 16.4. The second-order valence-electron chi connectivity index (χ2n) is 5.69. The van der Waals surface area contributed by atoms with Crippen LogP contribution in [0.3, 0.4) is 0 Å². The van der Waals surface area contributed by atoms with Crippen LogP contribution in [0.4, 0.5) is 0 Å². The summed E-state index contributed by atoms with van der Waals surface area (Å²) in [5, 5.41) is 0. The first-order valence-corrected chi connectivity index (χ1v) is 8.18. The molecule has 0 aliphatic carbocycles. The standard InChI is InChI=1S/C18H24O5/c1-3-17(19)14-7-9-15(10-8-14)23-18(20)13(2)22-12-16-6-4-5-11-21-16/h7-10,13,16H,3-6,11-12H2,1-2H3. The van der Waals surface area contributed by atoms with Crippen LogP contribution in [0.1, 0.15) is 49.9 Å². The zero-order valence-electron chi connectivity index (χ0n) is 13.7. The number of ether oxygens (including phenoxy) is 3. The number of rotatable bonds is 7. The average Bonchev–Trinajstić information content (AvgIpc) is 2.60. The van der Waals surface area contributed by atoms with Crippen LogP contribution in [0, 0.1) is 0 Å². The summed E-state index contributed by atoms with van der Waals surface area (Å²) in [6, 6.07) is 6.57. The number of carbonyl (C=O) groups is 2. The van der Waals surface area contributed by atoms with Crippen LogP contribution in [-0.4, -0.2) is 37.2 Å². The van der Waals surface area contributed by atoms with Gasteiger partial charge in [0.25, 0.3) is 0 Å². The Balaban J connectivity index is 1.79. The predicted octanol–water partition coefficient (Wildman–Crippen LogP) is 3.16. The highest BCUT2D eigenvalue weighted by Crippen LogP contribution is 2.16. The van der Waals surface area contributed by atoms with Crippen LogP contribution < -0.4 is 4.74 Å². The highest BCUT2D eigenvalue weighted by atomic mass is 16.6. The molecule has 23 heavy (non-hydrogen) atoms. The number of ketones is 1. The molecule has 1 aliphatic heterocycles. The molecule has 0 amide bonds. The van der Waals surface area contributed by atoms with Crippen molar-refractivity contribution in [2.24, 2.45) is 0 Å². The van der Waals surface area contributed by atoms with Crippen LogP contribution in [-0.2, 0) is 14.3 Å². The van der Waals surface area contributed by atoms with E-state index in [1.54, 1.807) is 31.2 Å². The maximum absolute atomic E-state index is 12.0. The largest absolute Gasteiger partial charge is 0.425 e. The Morgan fingerprint density at radius 1 is 1.26 bits per heavy atom. The van der Waals surface area contributed by atoms with E-state index in [9.17, 15) is 9.59 Å². The molecule has 1 aliphatic rings. The molecule has 5 heteroatoms. The smallest absolute Gasteiger partial charge is 0.340 e. The minimum Gasteiger partial charge on any atom is -0.425 e. The number of hydrogen-bond acceptors (Lipinski definition) is 5. The van der Waals surface area contributed by atoms with E-state index in [0.29, 0.717) is 24.3 Å². The Bertz CT molecular complexity index is 517. The Kier molecular flexibility index (Phi) is 6.74. The van der Waals surface area contributed by atoms with Crippen LogP contribution >= 0.6 is 0 Å². The summed E-state index contributed by atoms with van der Waals surface area (Å²) in [4.78, 5) is 23.6. The molecule has 0 N–H and O–H groups in total. The maximum Gasteiger partial charge on any atom is 0.340 e. The summed E-state index contributed by atoms with van der Waals surface area (Å²) >= 11 is 0. The fourth-order valence-corrected chi connectivity index (χ4v) is 2.37. The molecule has 2 atom stereocenters. The third-order valence-electron chi connectivity index (χ3n) is 3.85. The van der Waals surface area contributed by atoms with Gasteiger partial charge >= 0.3 is 5.97 Å². The van der Waals surface area contributed by atoms with E-state index in [1.165, 1.54) is 0 Å². The Morgan fingerprint density at radius 3 is 2.61 bits per heavy atom. The summed E-state index contributed by atoms with van der Waals surface area (Å²) in [7, 11) is 0. The van der Waals surface area contributed by atoms with E-state index in [1.807, 2.05) is 6.92 Å². The molecule has 0 aromatic heterocycles. The van der Waals surface area contributed by atoms with Crippen molar-refractivity contribution in [1.82, 2.24) is 0 Å². The molecule has 0 radical (unpaired) electrons. The Hall–Kier alpha value is -1.72. The highest BCUT2D eigenvalue weighted by molar-refractivity contribution is 5.95. The lowest BCUT2D eigenvalue weighted by molar-refractivity contribution is -0.149. The number of carbonyl (C=O) groups excluding carboxylic acids is 2. The molecule has 2 unspecified atom stereocenters. The summed E-state index contributed by atoms with van der Waals surface area (Å²) in [5.41, 5.74) is 0.617. The molecule has 0 spiro atoms. The predicted molar refractivity (Wildman–Crippen MR) is 85.7 cm³/mol. The van der Waals surface area contributed by atoms with Gasteiger partial charge in [-0.15, -0.1) is 0 Å². The van der Waals surface area contributed by atoms with Gasteiger partial charge in [0, 0.05) is 18.6 Å². The second kappa shape index (κ2) is 8.79. The lowest BCUT2D eigenvalue weighted by Crippen LogP contribution is -2.31. The van der Waals surface area contributed by atoms with Gasteiger partial charge < -0.3 is 14.2 Å². The van der Waals surface area contributed by atoms with Gasteiger partial charge in [-0.2, -0.15) is 0 Å². The molecule has 1 fully saturated rings. The van der Waals surface area contributed by atoms with Crippen molar-refractivity contribution < 1.29 is 23.8 Å². The van der Waals surface area contributed by atoms with Gasteiger partial charge in [-0.3, -0.25) is 4.79 Å². The third-order valence-corrected chi connectivity index (χ3v) is 3.85. The number of hydrogen-bond donors (Lipinski definition) is 0. The van der Waals surface area contributed by atoms with E-state index in [2.05, 4.69) is 0 Å². The number of Topliss-reactive ketones (excluding diaryl/α,β-unsaturated/α-hetero) is 1. The zero-order chi connectivity index (χ0) is 16.7. The molecule has 0 saturated carbocycles. The van der Waals surface area contributed by atoms with Gasteiger partial charge in [0.1, 0.15) is 5.75 Å². The fraction of sp³-hybridized carbons (Fsp3) is 0.556. The van der Waals surface area contributed by atoms with Crippen LogP contribution in [0.25, 0.3) is 0 Å². The minimum absolute atomic E-state index is 0.0621. The minimum atomic E-state index is -0.655. The number of esters is 1. The van der Waals surface area contributed by atoms with E-state index in [4.69, 9.17) is 14.2 Å². The molecule has 1 aromatic rings. The van der Waals surface area contributed by atoms with Gasteiger partial charge in [-0.05, 0) is 50.5 Å². The van der Waals surface area contributed by atoms with Gasteiger partial charge in [0.05, 0.1) is 12.7 Å². The fourth-order valence-electron chi connectivity index (χ4n) is 2.37. The van der Waals surface area contributed by atoms with Crippen molar-refractivity contribution in [2.45, 2.75) is 51.7 Å². The number of benzene rings is 1. The van der Waals surface area contributed by atoms with Crippen molar-refractivity contribution in [3.05, 3.63) is 29.8 Å². The molecule has 0 bridgehead atoms. The molecule has 5 nitrogen and oxygen atoms in total. The first-order chi connectivity index (χ1) is 11.1. The lowest BCUT2D eigenvalue weighted by atomic mass is 10.1. The van der Waals surface area contributed by atoms with Crippen LogP contribution in [0.15, 0.2) is 24.3 Å². The average molecular weight is 320 g/mol. The van der Waals surface area contributed by atoms with Crippen molar-refractivity contribution >= 4 is 11.8 Å². The molecule has 1 saturated heterocycles. The highest BCUT2D eigenvalue weighted by Gasteiger charge is 2.20. The topological polar surface area (TPSA) is 61.8 Å². The molecule has 126 valence electrons. The third kappa shape index (κ3) is 5.44. The summed E-state index contributed by atoms with van der Waals surface area (Å²) in [6.45, 7) is 4.64. The molecular formula is C18H24O5. The first-order valence-electron chi connectivity index (χ1n) is 8.18. The lowest BCUT2D eigenvalue weighted by Gasteiger charge is -2.23. The van der Waals surface area contributed by atoms with E-state index < -0.39 is 12.1 Å². The first kappa shape index (κ1) is 17.6. The van der Waals surface area contributed by atoms with Gasteiger partial charge in [-0.1, -0.05) is 6.92 Å². The normalized spacial score (nSPS) is 19.1. The van der Waals surface area contributed by atoms with Crippen LogP contribution in [0.2, 0.25) is 0 Å². The maximum atomic E-state index is 12.0. The van der Waals surface area contributed by atoms with E-state index in [-0.39, 0.29) is 11.9 Å². The Morgan fingerprint density at radius 2 is 2.00 bits per heavy atom. The van der Waals surface area contributed by atoms with Gasteiger partial charge in [0.2, 0.25) is 0 Å². The van der Waals surface area contributed by atoms with Crippen molar-refractivity contribution in [1.29, 1.82) is 0 Å². The van der Waals surface area contributed by atoms with Crippen molar-refractivity contribution in [3.8, 4) is 5.75 Å². The molecule has 2 rings (SSSR count). The van der Waals surface area contributed by atoms with Crippen molar-refractivity contribution in [3.63, 3.8) is 0 Å². The second-order valence-corrected chi connectivity index (χ2v) is 5.69. The summed E-state index contributed by atoms with van der Waals surface area (Å²) in [6.07, 6.45) is 3.05. The Labute approximate surface area is 136 Å². The monoisotopic (exact) mass is 320 g/mol.